The average Bonchev–Trinajstić information content (AvgIpc) is 2.67. The Morgan fingerprint density at radius 2 is 2.28 bits per heavy atom. The molecule has 1 aliphatic heterocycles. The van der Waals surface area contributed by atoms with Crippen LogP contribution >= 0.6 is 0 Å². The molecule has 1 N–H and O–H groups in total. The first-order valence-corrected chi connectivity index (χ1v) is 6.70. The van der Waals surface area contributed by atoms with E-state index in [9.17, 15) is 5.11 Å². The highest BCUT2D eigenvalue weighted by Crippen LogP contribution is 2.28. The summed E-state index contributed by atoms with van der Waals surface area (Å²) in [6, 6.07) is 0. The third-order valence-electron chi connectivity index (χ3n) is 3.40. The maximum atomic E-state index is 9.87. The van der Waals surface area contributed by atoms with Gasteiger partial charge in [0.05, 0.1) is 12.6 Å². The lowest BCUT2D eigenvalue weighted by atomic mass is 9.87. The zero-order valence-corrected chi connectivity index (χ0v) is 11.5. The number of hydrogen-bond acceptors (Lipinski definition) is 5. The first-order valence-electron chi connectivity index (χ1n) is 6.70. The van der Waals surface area contributed by atoms with Crippen molar-refractivity contribution in [3.05, 3.63) is 11.7 Å². The number of aryl methyl sites for hydroxylation is 1. The van der Waals surface area contributed by atoms with Crippen LogP contribution in [0.5, 0.6) is 0 Å². The van der Waals surface area contributed by atoms with E-state index in [0.717, 1.165) is 38.2 Å². The van der Waals surface area contributed by atoms with Gasteiger partial charge in [-0.25, -0.2) is 0 Å². The standard InChI is InChI=1S/C13H23N3O2/c1-4-12-14-11(15-18-12)8-16-6-5-10(17)7-13(2,3)9-16/h10,17H,4-9H2,1-3H3/t10-/m0/s1. The van der Waals surface area contributed by atoms with E-state index >= 15 is 0 Å². The molecule has 1 saturated heterocycles. The summed E-state index contributed by atoms with van der Waals surface area (Å²) in [7, 11) is 0. The van der Waals surface area contributed by atoms with Crippen molar-refractivity contribution < 1.29 is 9.63 Å². The molecule has 1 atom stereocenters. The van der Waals surface area contributed by atoms with Crippen molar-refractivity contribution in [3.63, 3.8) is 0 Å². The summed E-state index contributed by atoms with van der Waals surface area (Å²) in [4.78, 5) is 6.64. The summed E-state index contributed by atoms with van der Waals surface area (Å²) in [5, 5.41) is 13.9. The van der Waals surface area contributed by atoms with Crippen LogP contribution in [-0.2, 0) is 13.0 Å². The fraction of sp³-hybridized carbons (Fsp3) is 0.846. The van der Waals surface area contributed by atoms with Gasteiger partial charge in [0.2, 0.25) is 5.89 Å². The van der Waals surface area contributed by atoms with Crippen molar-refractivity contribution in [3.8, 4) is 0 Å². The summed E-state index contributed by atoms with van der Waals surface area (Å²) < 4.78 is 5.12. The highest BCUT2D eigenvalue weighted by molar-refractivity contribution is 4.89. The Balaban J connectivity index is 1.99. The fourth-order valence-corrected chi connectivity index (χ4v) is 2.65. The van der Waals surface area contributed by atoms with Crippen molar-refractivity contribution >= 4 is 0 Å². The van der Waals surface area contributed by atoms with Crippen molar-refractivity contribution in [2.45, 2.75) is 52.7 Å². The maximum absolute atomic E-state index is 9.87. The van der Waals surface area contributed by atoms with Crippen molar-refractivity contribution in [1.29, 1.82) is 0 Å². The van der Waals surface area contributed by atoms with Crippen LogP contribution in [0.4, 0.5) is 0 Å². The Hall–Kier alpha value is -0.940. The molecule has 5 nitrogen and oxygen atoms in total. The van der Waals surface area contributed by atoms with Crippen LogP contribution in [0.25, 0.3) is 0 Å². The summed E-state index contributed by atoms with van der Waals surface area (Å²) in [6.07, 6.45) is 2.26. The lowest BCUT2D eigenvalue weighted by Gasteiger charge is -2.28. The lowest BCUT2D eigenvalue weighted by Crippen LogP contribution is -2.32. The lowest BCUT2D eigenvalue weighted by molar-refractivity contribution is 0.121. The van der Waals surface area contributed by atoms with E-state index in [1.165, 1.54) is 0 Å². The van der Waals surface area contributed by atoms with Crippen LogP contribution in [0.2, 0.25) is 0 Å². The minimum Gasteiger partial charge on any atom is -0.393 e. The van der Waals surface area contributed by atoms with Crippen molar-refractivity contribution in [2.24, 2.45) is 5.41 Å². The molecule has 0 aromatic carbocycles. The van der Waals surface area contributed by atoms with Gasteiger partial charge >= 0.3 is 0 Å². The third-order valence-corrected chi connectivity index (χ3v) is 3.40. The Labute approximate surface area is 108 Å². The minimum atomic E-state index is -0.193. The number of aromatic nitrogens is 2. The predicted molar refractivity (Wildman–Crippen MR) is 68.0 cm³/mol. The van der Waals surface area contributed by atoms with Gasteiger partial charge in [-0.1, -0.05) is 25.9 Å². The molecule has 0 radical (unpaired) electrons. The molecule has 0 unspecified atom stereocenters. The summed E-state index contributed by atoms with van der Waals surface area (Å²) in [5.41, 5.74) is 0.132. The molecule has 2 rings (SSSR count). The molecule has 1 aromatic heterocycles. The van der Waals surface area contributed by atoms with E-state index in [2.05, 4.69) is 28.9 Å². The normalized spacial score (nSPS) is 25.0. The van der Waals surface area contributed by atoms with E-state index in [1.807, 2.05) is 6.92 Å². The third kappa shape index (κ3) is 3.53. The molecule has 1 fully saturated rings. The van der Waals surface area contributed by atoms with E-state index < -0.39 is 0 Å². The topological polar surface area (TPSA) is 62.4 Å². The number of nitrogens with zero attached hydrogens (tertiary/aromatic N) is 3. The fourth-order valence-electron chi connectivity index (χ4n) is 2.65. The SMILES string of the molecule is CCc1nc(CN2CC[C@H](O)CC(C)(C)C2)no1. The second-order valence-corrected chi connectivity index (χ2v) is 5.98. The van der Waals surface area contributed by atoms with Crippen LogP contribution in [0, 0.1) is 5.41 Å². The maximum Gasteiger partial charge on any atom is 0.226 e. The van der Waals surface area contributed by atoms with Gasteiger partial charge in [-0.3, -0.25) is 4.90 Å². The molecular weight excluding hydrogens is 230 g/mol. The largest absolute Gasteiger partial charge is 0.393 e. The minimum absolute atomic E-state index is 0.132. The number of hydrogen-bond donors (Lipinski definition) is 1. The highest BCUT2D eigenvalue weighted by atomic mass is 16.5. The van der Waals surface area contributed by atoms with Crippen LogP contribution in [0.15, 0.2) is 4.52 Å². The molecule has 0 amide bonds. The summed E-state index contributed by atoms with van der Waals surface area (Å²) >= 11 is 0. The van der Waals surface area contributed by atoms with Crippen LogP contribution in [0.3, 0.4) is 0 Å². The van der Waals surface area contributed by atoms with Gasteiger partial charge in [-0.15, -0.1) is 0 Å². The van der Waals surface area contributed by atoms with E-state index in [1.54, 1.807) is 0 Å². The molecule has 5 heteroatoms. The molecule has 1 aliphatic rings. The number of likely N-dealkylation sites (tertiary alicyclic amines) is 1. The number of aliphatic hydroxyl groups is 1. The Morgan fingerprint density at radius 3 is 2.94 bits per heavy atom. The molecule has 0 bridgehead atoms. The van der Waals surface area contributed by atoms with Crippen LogP contribution in [-0.4, -0.2) is 39.3 Å². The van der Waals surface area contributed by atoms with E-state index in [4.69, 9.17) is 4.52 Å². The molecule has 0 saturated carbocycles. The molecule has 102 valence electrons. The van der Waals surface area contributed by atoms with E-state index in [-0.39, 0.29) is 11.5 Å². The smallest absolute Gasteiger partial charge is 0.226 e. The molecule has 1 aromatic rings. The van der Waals surface area contributed by atoms with Crippen LogP contribution in [0.1, 0.15) is 45.3 Å². The Kier molecular flexibility index (Phi) is 4.02. The first kappa shape index (κ1) is 13.5. The average molecular weight is 253 g/mol. The molecule has 18 heavy (non-hydrogen) atoms. The van der Waals surface area contributed by atoms with Gasteiger partial charge < -0.3 is 9.63 Å². The number of aliphatic hydroxyl groups excluding tert-OH is 1. The van der Waals surface area contributed by atoms with Gasteiger partial charge in [0.25, 0.3) is 0 Å². The second kappa shape index (κ2) is 5.36. The molecule has 2 heterocycles. The van der Waals surface area contributed by atoms with Gasteiger partial charge in [-0.2, -0.15) is 4.98 Å². The quantitative estimate of drug-likeness (QED) is 0.886. The zero-order valence-electron chi connectivity index (χ0n) is 11.5. The summed E-state index contributed by atoms with van der Waals surface area (Å²) in [5.74, 6) is 1.44. The first-order chi connectivity index (χ1) is 8.48. The second-order valence-electron chi connectivity index (χ2n) is 5.98. The number of rotatable bonds is 3. The predicted octanol–water partition coefficient (Wildman–Crippen LogP) is 1.61. The van der Waals surface area contributed by atoms with E-state index in [0.29, 0.717) is 12.4 Å². The summed E-state index contributed by atoms with van der Waals surface area (Å²) in [6.45, 7) is 8.95. The molecule has 0 spiro atoms. The van der Waals surface area contributed by atoms with Crippen LogP contribution < -0.4 is 0 Å². The van der Waals surface area contributed by atoms with Gasteiger partial charge in [0, 0.05) is 19.5 Å². The highest BCUT2D eigenvalue weighted by Gasteiger charge is 2.29. The van der Waals surface area contributed by atoms with Gasteiger partial charge in [-0.05, 0) is 18.3 Å². The Morgan fingerprint density at radius 1 is 1.50 bits per heavy atom. The van der Waals surface area contributed by atoms with Crippen molar-refractivity contribution in [2.75, 3.05) is 13.1 Å². The monoisotopic (exact) mass is 253 g/mol. The van der Waals surface area contributed by atoms with Gasteiger partial charge in [0.15, 0.2) is 5.82 Å². The molecular formula is C13H23N3O2. The zero-order chi connectivity index (χ0) is 13.2. The van der Waals surface area contributed by atoms with Crippen molar-refractivity contribution in [1.82, 2.24) is 15.0 Å². The van der Waals surface area contributed by atoms with Gasteiger partial charge in [0.1, 0.15) is 0 Å². The molecule has 0 aliphatic carbocycles. The Bertz CT molecular complexity index is 389.